The van der Waals surface area contributed by atoms with Gasteiger partial charge in [0.1, 0.15) is 5.82 Å². The summed E-state index contributed by atoms with van der Waals surface area (Å²) in [7, 11) is 1.82. The fourth-order valence-electron chi connectivity index (χ4n) is 2.28. The van der Waals surface area contributed by atoms with Gasteiger partial charge in [0.05, 0.1) is 5.56 Å². The average molecular weight is 300 g/mol. The van der Waals surface area contributed by atoms with Gasteiger partial charge in [0.15, 0.2) is 0 Å². The van der Waals surface area contributed by atoms with Gasteiger partial charge in [0, 0.05) is 25.0 Å². The molecule has 0 saturated heterocycles. The van der Waals surface area contributed by atoms with E-state index in [1.807, 2.05) is 45.2 Å². The van der Waals surface area contributed by atoms with Gasteiger partial charge in [-0.05, 0) is 36.2 Å². The van der Waals surface area contributed by atoms with Crippen molar-refractivity contribution in [3.05, 3.63) is 59.9 Å². The normalized spacial score (nSPS) is 10.6. The number of hydrogen-bond acceptors (Lipinski definition) is 2. The Morgan fingerprint density at radius 2 is 1.91 bits per heavy atom. The van der Waals surface area contributed by atoms with Crippen LogP contribution in [0.5, 0.6) is 0 Å². The minimum Gasteiger partial charge on any atom is -0.388 e. The highest BCUT2D eigenvalue weighted by atomic mass is 19.1. The number of nitrogens with one attached hydrogen (secondary N) is 1. The van der Waals surface area contributed by atoms with Crippen molar-refractivity contribution in [3.8, 4) is 0 Å². The third-order valence-electron chi connectivity index (χ3n) is 3.34. The van der Waals surface area contributed by atoms with Crippen LogP contribution in [-0.2, 0) is 0 Å². The summed E-state index contributed by atoms with van der Waals surface area (Å²) in [5.74, 6) is -0.542. The van der Waals surface area contributed by atoms with E-state index in [0.717, 1.165) is 11.4 Å². The molecule has 0 spiro atoms. The molecule has 0 aliphatic heterocycles. The van der Waals surface area contributed by atoms with Gasteiger partial charge in [0.2, 0.25) is 0 Å². The largest absolute Gasteiger partial charge is 0.388 e. The maximum atomic E-state index is 13.9. The highest BCUT2D eigenvalue weighted by Crippen LogP contribution is 2.23. The Balaban J connectivity index is 2.41. The molecule has 0 fully saturated rings. The summed E-state index contributed by atoms with van der Waals surface area (Å²) in [6, 6.07) is 13.6. The summed E-state index contributed by atoms with van der Waals surface area (Å²) < 4.78 is 13.9. The minimum absolute atomic E-state index is 0.0954. The summed E-state index contributed by atoms with van der Waals surface area (Å²) in [4.78, 5) is 14.4. The standard InChI is InChI=1S/C18H21FN2O/c1-13(2)12-21(15-8-6-7-14(11-15)20-3)18(22)16-9-4-5-10-17(16)19/h4-11,13,20H,12H2,1-3H3. The molecule has 116 valence electrons. The number of carbonyl (C=O) groups excluding carboxylic acids is 1. The van der Waals surface area contributed by atoms with Gasteiger partial charge in [-0.2, -0.15) is 0 Å². The van der Waals surface area contributed by atoms with Crippen LogP contribution in [0, 0.1) is 11.7 Å². The molecule has 0 bridgehead atoms. The van der Waals surface area contributed by atoms with Crippen LogP contribution in [0.25, 0.3) is 0 Å². The lowest BCUT2D eigenvalue weighted by molar-refractivity contribution is 0.0980. The van der Waals surface area contributed by atoms with Crippen molar-refractivity contribution >= 4 is 17.3 Å². The molecule has 0 radical (unpaired) electrons. The Kier molecular flexibility index (Phi) is 5.15. The third-order valence-corrected chi connectivity index (χ3v) is 3.34. The lowest BCUT2D eigenvalue weighted by Crippen LogP contribution is -2.34. The van der Waals surface area contributed by atoms with Crippen LogP contribution in [0.2, 0.25) is 0 Å². The van der Waals surface area contributed by atoms with Crippen LogP contribution in [0.1, 0.15) is 24.2 Å². The van der Waals surface area contributed by atoms with E-state index < -0.39 is 5.82 Å². The number of benzene rings is 2. The van der Waals surface area contributed by atoms with Gasteiger partial charge >= 0.3 is 0 Å². The lowest BCUT2D eigenvalue weighted by atomic mass is 10.1. The Morgan fingerprint density at radius 1 is 1.18 bits per heavy atom. The van der Waals surface area contributed by atoms with Gasteiger partial charge in [-0.25, -0.2) is 4.39 Å². The smallest absolute Gasteiger partial charge is 0.261 e. The van der Waals surface area contributed by atoms with Crippen molar-refractivity contribution in [2.24, 2.45) is 5.92 Å². The Bertz CT molecular complexity index is 655. The van der Waals surface area contributed by atoms with Crippen molar-refractivity contribution < 1.29 is 9.18 Å². The number of anilines is 2. The highest BCUT2D eigenvalue weighted by molar-refractivity contribution is 6.06. The van der Waals surface area contributed by atoms with E-state index in [9.17, 15) is 9.18 Å². The second-order valence-electron chi connectivity index (χ2n) is 5.59. The molecule has 3 nitrogen and oxygen atoms in total. The molecule has 0 aliphatic rings. The van der Waals surface area contributed by atoms with E-state index in [1.54, 1.807) is 17.0 Å². The van der Waals surface area contributed by atoms with Crippen LogP contribution < -0.4 is 10.2 Å². The quantitative estimate of drug-likeness (QED) is 0.899. The first-order valence-corrected chi connectivity index (χ1v) is 7.37. The molecule has 2 aromatic rings. The first kappa shape index (κ1) is 16.0. The Labute approximate surface area is 130 Å². The molecule has 1 amide bonds. The predicted molar refractivity (Wildman–Crippen MR) is 88.9 cm³/mol. The number of hydrogen-bond donors (Lipinski definition) is 1. The molecule has 0 unspecified atom stereocenters. The van der Waals surface area contributed by atoms with Crippen molar-refractivity contribution in [1.82, 2.24) is 0 Å². The van der Waals surface area contributed by atoms with Gasteiger partial charge in [-0.3, -0.25) is 4.79 Å². The molecule has 0 atom stereocenters. The summed E-state index contributed by atoms with van der Waals surface area (Å²) in [5.41, 5.74) is 1.76. The molecular formula is C18H21FN2O. The summed E-state index contributed by atoms with van der Waals surface area (Å²) in [6.45, 7) is 4.59. The Hall–Kier alpha value is -2.36. The van der Waals surface area contributed by atoms with E-state index in [4.69, 9.17) is 0 Å². The fourth-order valence-corrected chi connectivity index (χ4v) is 2.28. The van der Waals surface area contributed by atoms with Gasteiger partial charge < -0.3 is 10.2 Å². The topological polar surface area (TPSA) is 32.3 Å². The van der Waals surface area contributed by atoms with E-state index in [2.05, 4.69) is 5.32 Å². The first-order chi connectivity index (χ1) is 10.5. The molecular weight excluding hydrogens is 279 g/mol. The molecule has 0 saturated carbocycles. The molecule has 0 aliphatic carbocycles. The first-order valence-electron chi connectivity index (χ1n) is 7.37. The molecule has 0 aromatic heterocycles. The number of amides is 1. The van der Waals surface area contributed by atoms with Crippen molar-refractivity contribution in [3.63, 3.8) is 0 Å². The monoisotopic (exact) mass is 300 g/mol. The van der Waals surface area contributed by atoms with Crippen LogP contribution >= 0.6 is 0 Å². The van der Waals surface area contributed by atoms with Gasteiger partial charge in [-0.15, -0.1) is 0 Å². The van der Waals surface area contributed by atoms with Crippen molar-refractivity contribution in [2.75, 3.05) is 23.8 Å². The summed E-state index contributed by atoms with van der Waals surface area (Å²) in [6.07, 6.45) is 0. The van der Waals surface area contributed by atoms with Gasteiger partial charge in [0.25, 0.3) is 5.91 Å². The zero-order chi connectivity index (χ0) is 16.1. The van der Waals surface area contributed by atoms with Crippen molar-refractivity contribution in [1.29, 1.82) is 0 Å². The zero-order valence-electron chi connectivity index (χ0n) is 13.1. The van der Waals surface area contributed by atoms with Crippen molar-refractivity contribution in [2.45, 2.75) is 13.8 Å². The SMILES string of the molecule is CNc1cccc(N(CC(C)C)C(=O)c2ccccc2F)c1. The van der Waals surface area contributed by atoms with E-state index in [1.165, 1.54) is 12.1 Å². The second kappa shape index (κ2) is 7.07. The summed E-state index contributed by atoms with van der Waals surface area (Å²) >= 11 is 0. The number of carbonyl (C=O) groups is 1. The molecule has 4 heteroatoms. The van der Waals surface area contributed by atoms with E-state index in [0.29, 0.717) is 6.54 Å². The third kappa shape index (κ3) is 3.64. The fraction of sp³-hybridized carbons (Fsp3) is 0.278. The zero-order valence-corrected chi connectivity index (χ0v) is 13.1. The summed E-state index contributed by atoms with van der Waals surface area (Å²) in [5, 5.41) is 3.05. The molecule has 2 aromatic carbocycles. The molecule has 22 heavy (non-hydrogen) atoms. The number of halogens is 1. The number of nitrogens with zero attached hydrogens (tertiary/aromatic N) is 1. The van der Waals surface area contributed by atoms with Crippen LogP contribution in [0.3, 0.4) is 0 Å². The number of rotatable bonds is 5. The lowest BCUT2D eigenvalue weighted by Gasteiger charge is -2.25. The minimum atomic E-state index is -0.494. The van der Waals surface area contributed by atoms with Crippen LogP contribution in [-0.4, -0.2) is 19.5 Å². The van der Waals surface area contributed by atoms with E-state index >= 15 is 0 Å². The molecule has 1 N–H and O–H groups in total. The predicted octanol–water partition coefficient (Wildman–Crippen LogP) is 4.17. The highest BCUT2D eigenvalue weighted by Gasteiger charge is 2.21. The van der Waals surface area contributed by atoms with Gasteiger partial charge in [-0.1, -0.05) is 32.0 Å². The maximum Gasteiger partial charge on any atom is 0.261 e. The Morgan fingerprint density at radius 3 is 2.55 bits per heavy atom. The second-order valence-corrected chi connectivity index (χ2v) is 5.59. The van der Waals surface area contributed by atoms with Crippen LogP contribution in [0.15, 0.2) is 48.5 Å². The maximum absolute atomic E-state index is 13.9. The molecule has 2 rings (SSSR count). The van der Waals surface area contributed by atoms with E-state index in [-0.39, 0.29) is 17.4 Å². The average Bonchev–Trinajstić information content (AvgIpc) is 2.52. The molecule has 0 heterocycles. The van der Waals surface area contributed by atoms with Crippen LogP contribution in [0.4, 0.5) is 15.8 Å².